The van der Waals surface area contributed by atoms with E-state index >= 15 is 0 Å². The van der Waals surface area contributed by atoms with Crippen LogP contribution in [0.2, 0.25) is 0 Å². The van der Waals surface area contributed by atoms with Crippen molar-refractivity contribution < 1.29 is 27.9 Å². The summed E-state index contributed by atoms with van der Waals surface area (Å²) in [5, 5.41) is 10.6. The molecule has 1 atom stereocenters. The molecule has 0 radical (unpaired) electrons. The lowest BCUT2D eigenvalue weighted by atomic mass is 10.0. The zero-order chi connectivity index (χ0) is 24.4. The Bertz CT molecular complexity index is 1030. The number of carbonyl (C=O) groups is 1. The van der Waals surface area contributed by atoms with Gasteiger partial charge in [-0.15, -0.1) is 0 Å². The number of benzene rings is 3. The predicted molar refractivity (Wildman–Crippen MR) is 122 cm³/mol. The Morgan fingerprint density at radius 3 is 2.24 bits per heavy atom. The molecule has 1 unspecified atom stereocenters. The van der Waals surface area contributed by atoms with Gasteiger partial charge in [-0.2, -0.15) is 13.2 Å². The van der Waals surface area contributed by atoms with E-state index in [0.29, 0.717) is 13.1 Å². The molecule has 0 fully saturated rings. The number of amides is 1. The number of aliphatic hydroxyl groups is 1. The number of halogens is 3. The molecule has 3 aromatic carbocycles. The van der Waals surface area contributed by atoms with Gasteiger partial charge in [0.25, 0.3) is 0 Å². The van der Waals surface area contributed by atoms with Crippen molar-refractivity contribution in [3.05, 3.63) is 107 Å². The fourth-order valence-corrected chi connectivity index (χ4v) is 3.47. The first-order chi connectivity index (χ1) is 16.3. The van der Waals surface area contributed by atoms with Crippen LogP contribution in [0.3, 0.4) is 0 Å². The van der Waals surface area contributed by atoms with E-state index in [-0.39, 0.29) is 31.0 Å². The second-order valence-corrected chi connectivity index (χ2v) is 7.90. The molecule has 0 saturated heterocycles. The van der Waals surface area contributed by atoms with Crippen LogP contribution in [0.25, 0.3) is 0 Å². The highest BCUT2D eigenvalue weighted by molar-refractivity contribution is 5.77. The van der Waals surface area contributed by atoms with Crippen molar-refractivity contribution in [2.45, 2.75) is 25.2 Å². The lowest BCUT2D eigenvalue weighted by Gasteiger charge is -2.25. The van der Waals surface area contributed by atoms with E-state index in [4.69, 9.17) is 4.84 Å². The van der Waals surface area contributed by atoms with E-state index in [1.54, 1.807) is 0 Å². The fraction of sp³-hybridized carbons (Fsp3) is 0.269. The van der Waals surface area contributed by atoms with Crippen LogP contribution in [0.1, 0.15) is 28.4 Å². The highest BCUT2D eigenvalue weighted by Gasteiger charge is 2.31. The van der Waals surface area contributed by atoms with E-state index in [1.165, 1.54) is 12.1 Å². The van der Waals surface area contributed by atoms with Crippen LogP contribution in [0.15, 0.2) is 84.9 Å². The van der Waals surface area contributed by atoms with Gasteiger partial charge >= 0.3 is 6.18 Å². The third kappa shape index (κ3) is 8.30. The smallest absolute Gasteiger partial charge is 0.387 e. The SMILES string of the molecule is O=C(Cc1ccccc1)NOCCN(Cc1ccccc1)CC(O)c1cccc(C(F)(F)F)c1. The largest absolute Gasteiger partial charge is 0.416 e. The Labute approximate surface area is 196 Å². The Hall–Kier alpha value is -3.20. The maximum Gasteiger partial charge on any atom is 0.416 e. The Kier molecular flexibility index (Phi) is 9.21. The highest BCUT2D eigenvalue weighted by atomic mass is 19.4. The van der Waals surface area contributed by atoms with E-state index < -0.39 is 17.8 Å². The van der Waals surface area contributed by atoms with Gasteiger partial charge in [0, 0.05) is 19.6 Å². The van der Waals surface area contributed by atoms with Gasteiger partial charge in [0.1, 0.15) is 0 Å². The van der Waals surface area contributed by atoms with Crippen molar-refractivity contribution in [3.8, 4) is 0 Å². The number of rotatable bonds is 11. The van der Waals surface area contributed by atoms with Gasteiger partial charge in [0.2, 0.25) is 5.91 Å². The first-order valence-corrected chi connectivity index (χ1v) is 10.9. The minimum atomic E-state index is -4.48. The summed E-state index contributed by atoms with van der Waals surface area (Å²) in [5.41, 5.74) is 3.63. The third-order valence-electron chi connectivity index (χ3n) is 5.18. The summed E-state index contributed by atoms with van der Waals surface area (Å²) in [7, 11) is 0. The lowest BCUT2D eigenvalue weighted by Crippen LogP contribution is -2.34. The highest BCUT2D eigenvalue weighted by Crippen LogP contribution is 2.31. The van der Waals surface area contributed by atoms with Gasteiger partial charge in [-0.3, -0.25) is 14.5 Å². The molecule has 0 bridgehead atoms. The van der Waals surface area contributed by atoms with Crippen molar-refractivity contribution in [1.82, 2.24) is 10.4 Å². The molecule has 0 aliphatic heterocycles. The van der Waals surface area contributed by atoms with Crippen LogP contribution < -0.4 is 5.48 Å². The second-order valence-electron chi connectivity index (χ2n) is 7.90. The molecule has 3 aromatic rings. The summed E-state index contributed by atoms with van der Waals surface area (Å²) < 4.78 is 39.1. The summed E-state index contributed by atoms with van der Waals surface area (Å²) in [6.07, 6.45) is -5.42. The number of aliphatic hydroxyl groups excluding tert-OH is 1. The number of alkyl halides is 3. The van der Waals surface area contributed by atoms with E-state index in [2.05, 4.69) is 5.48 Å². The minimum Gasteiger partial charge on any atom is -0.387 e. The zero-order valence-corrected chi connectivity index (χ0v) is 18.5. The van der Waals surface area contributed by atoms with Gasteiger partial charge in [0.05, 0.1) is 24.7 Å². The molecule has 0 saturated carbocycles. The number of hydroxylamine groups is 1. The summed E-state index contributed by atoms with van der Waals surface area (Å²) in [4.78, 5) is 19.2. The van der Waals surface area contributed by atoms with E-state index in [9.17, 15) is 23.1 Å². The summed E-state index contributed by atoms with van der Waals surface area (Å²) in [6, 6.07) is 23.5. The second kappa shape index (κ2) is 12.3. The van der Waals surface area contributed by atoms with Gasteiger partial charge in [0.15, 0.2) is 0 Å². The summed E-state index contributed by atoms with van der Waals surface area (Å²) >= 11 is 0. The summed E-state index contributed by atoms with van der Waals surface area (Å²) in [6.45, 7) is 1.04. The average molecular weight is 473 g/mol. The van der Waals surface area contributed by atoms with Crippen molar-refractivity contribution >= 4 is 5.91 Å². The van der Waals surface area contributed by atoms with Crippen molar-refractivity contribution in [1.29, 1.82) is 0 Å². The topological polar surface area (TPSA) is 61.8 Å². The molecular weight excluding hydrogens is 445 g/mol. The van der Waals surface area contributed by atoms with Crippen molar-refractivity contribution in [2.75, 3.05) is 19.7 Å². The number of hydrogen-bond donors (Lipinski definition) is 2. The number of nitrogens with one attached hydrogen (secondary N) is 1. The Morgan fingerprint density at radius 2 is 1.59 bits per heavy atom. The quantitative estimate of drug-likeness (QED) is 0.318. The first-order valence-electron chi connectivity index (χ1n) is 10.9. The van der Waals surface area contributed by atoms with E-state index in [0.717, 1.165) is 23.3 Å². The fourth-order valence-electron chi connectivity index (χ4n) is 3.47. The monoisotopic (exact) mass is 472 g/mol. The molecule has 3 rings (SSSR count). The van der Waals surface area contributed by atoms with Gasteiger partial charge in [-0.25, -0.2) is 5.48 Å². The maximum absolute atomic E-state index is 13.0. The first kappa shape index (κ1) is 25.4. The van der Waals surface area contributed by atoms with Crippen LogP contribution in [0.4, 0.5) is 13.2 Å². The molecule has 0 aliphatic carbocycles. The van der Waals surface area contributed by atoms with Crippen LogP contribution in [-0.2, 0) is 28.8 Å². The van der Waals surface area contributed by atoms with Crippen LogP contribution >= 0.6 is 0 Å². The molecular formula is C26H27F3N2O3. The molecule has 0 spiro atoms. The molecule has 2 N–H and O–H groups in total. The average Bonchev–Trinajstić information content (AvgIpc) is 2.82. The van der Waals surface area contributed by atoms with Gasteiger partial charge < -0.3 is 5.11 Å². The molecule has 0 aliphatic rings. The predicted octanol–water partition coefficient (Wildman–Crippen LogP) is 4.53. The molecule has 180 valence electrons. The van der Waals surface area contributed by atoms with Crippen molar-refractivity contribution in [2.24, 2.45) is 0 Å². The van der Waals surface area contributed by atoms with Crippen LogP contribution in [-0.4, -0.2) is 35.6 Å². The van der Waals surface area contributed by atoms with E-state index in [1.807, 2.05) is 65.6 Å². The number of carbonyl (C=O) groups excluding carboxylic acids is 1. The molecule has 34 heavy (non-hydrogen) atoms. The lowest BCUT2D eigenvalue weighted by molar-refractivity contribution is -0.137. The molecule has 8 heteroatoms. The molecule has 1 amide bonds. The normalized spacial score (nSPS) is 12.5. The summed E-state index contributed by atoms with van der Waals surface area (Å²) in [5.74, 6) is -0.287. The minimum absolute atomic E-state index is 0.0948. The third-order valence-corrected chi connectivity index (χ3v) is 5.18. The van der Waals surface area contributed by atoms with Crippen LogP contribution in [0.5, 0.6) is 0 Å². The standard InChI is InChI=1S/C26H27F3N2O3/c27-26(28,29)23-13-7-12-22(17-23)24(32)19-31(18-21-10-5-2-6-11-21)14-15-34-30-25(33)16-20-8-3-1-4-9-20/h1-13,17,24,32H,14-16,18-19H2,(H,30,33). The molecule has 0 heterocycles. The maximum atomic E-state index is 13.0. The number of nitrogens with zero attached hydrogens (tertiary/aromatic N) is 1. The van der Waals surface area contributed by atoms with Gasteiger partial charge in [-0.05, 0) is 28.8 Å². The van der Waals surface area contributed by atoms with Crippen LogP contribution in [0, 0.1) is 0 Å². The Morgan fingerprint density at radius 1 is 0.941 bits per heavy atom. The van der Waals surface area contributed by atoms with Gasteiger partial charge in [-0.1, -0.05) is 72.8 Å². The Balaban J connectivity index is 1.57. The number of hydrogen-bond acceptors (Lipinski definition) is 4. The van der Waals surface area contributed by atoms with Crippen molar-refractivity contribution in [3.63, 3.8) is 0 Å². The molecule has 0 aromatic heterocycles. The molecule has 5 nitrogen and oxygen atoms in total. The zero-order valence-electron chi connectivity index (χ0n) is 18.5.